The number of hydrogen-bond donors (Lipinski definition) is 2. The second-order valence-electron chi connectivity index (χ2n) is 4.73. The van der Waals surface area contributed by atoms with Gasteiger partial charge in [0.2, 0.25) is 0 Å². The predicted molar refractivity (Wildman–Crippen MR) is 78.8 cm³/mol. The average molecular weight is 299 g/mol. The molecule has 0 saturated carbocycles. The highest BCUT2D eigenvalue weighted by atomic mass is 35.5. The van der Waals surface area contributed by atoms with E-state index in [-0.39, 0.29) is 5.56 Å². The van der Waals surface area contributed by atoms with Gasteiger partial charge in [0.15, 0.2) is 0 Å². The number of hydrogen-bond acceptors (Lipinski definition) is 4. The van der Waals surface area contributed by atoms with Crippen molar-refractivity contribution in [3.05, 3.63) is 28.8 Å². The van der Waals surface area contributed by atoms with Crippen LogP contribution in [-0.4, -0.2) is 55.4 Å². The standard InChI is InChI=1S/C14H19ClN2O3/c15-12-10-11(14(18)19)2-3-13(12)16-4-1-5-17-6-8-20-9-7-17/h2-3,10,16H,1,4-9H2,(H,18,19). The number of rotatable bonds is 6. The van der Waals surface area contributed by atoms with Crippen LogP contribution in [0, 0.1) is 0 Å². The van der Waals surface area contributed by atoms with Gasteiger partial charge in [0, 0.05) is 19.6 Å². The number of benzene rings is 1. The van der Waals surface area contributed by atoms with E-state index in [9.17, 15) is 4.79 Å². The lowest BCUT2D eigenvalue weighted by molar-refractivity contribution is 0.0378. The largest absolute Gasteiger partial charge is 0.478 e. The van der Waals surface area contributed by atoms with Crippen LogP contribution >= 0.6 is 11.6 Å². The van der Waals surface area contributed by atoms with Crippen LogP contribution in [0.3, 0.4) is 0 Å². The molecule has 0 aliphatic carbocycles. The van der Waals surface area contributed by atoms with Crippen molar-refractivity contribution in [1.82, 2.24) is 4.90 Å². The summed E-state index contributed by atoms with van der Waals surface area (Å²) in [4.78, 5) is 13.2. The first kappa shape index (κ1) is 15.1. The molecule has 1 aliphatic rings. The van der Waals surface area contributed by atoms with Gasteiger partial charge in [-0.1, -0.05) is 11.6 Å². The fraction of sp³-hybridized carbons (Fsp3) is 0.500. The lowest BCUT2D eigenvalue weighted by Gasteiger charge is -2.26. The Morgan fingerprint density at radius 3 is 2.80 bits per heavy atom. The monoisotopic (exact) mass is 298 g/mol. The van der Waals surface area contributed by atoms with E-state index in [4.69, 9.17) is 21.4 Å². The number of ether oxygens (including phenoxy) is 1. The highest BCUT2D eigenvalue weighted by Gasteiger charge is 2.10. The van der Waals surface area contributed by atoms with Gasteiger partial charge in [-0.15, -0.1) is 0 Å². The number of halogens is 1. The minimum atomic E-state index is -0.967. The van der Waals surface area contributed by atoms with Crippen molar-refractivity contribution in [2.75, 3.05) is 44.7 Å². The van der Waals surface area contributed by atoms with Crippen LogP contribution in [0.4, 0.5) is 5.69 Å². The van der Waals surface area contributed by atoms with Crippen molar-refractivity contribution in [1.29, 1.82) is 0 Å². The zero-order chi connectivity index (χ0) is 14.4. The Labute approximate surface area is 123 Å². The zero-order valence-corrected chi connectivity index (χ0v) is 12.0. The molecule has 1 saturated heterocycles. The molecule has 1 aromatic carbocycles. The number of carboxylic acid groups (broad SMARTS) is 1. The smallest absolute Gasteiger partial charge is 0.335 e. The summed E-state index contributed by atoms with van der Waals surface area (Å²) in [7, 11) is 0. The minimum Gasteiger partial charge on any atom is -0.478 e. The van der Waals surface area contributed by atoms with E-state index in [1.165, 1.54) is 6.07 Å². The SMILES string of the molecule is O=C(O)c1ccc(NCCCN2CCOCC2)c(Cl)c1. The van der Waals surface area contributed by atoms with Crippen molar-refractivity contribution in [3.8, 4) is 0 Å². The fourth-order valence-corrected chi connectivity index (χ4v) is 2.39. The van der Waals surface area contributed by atoms with Crippen molar-refractivity contribution < 1.29 is 14.6 Å². The maximum atomic E-state index is 10.8. The molecule has 5 nitrogen and oxygen atoms in total. The van der Waals surface area contributed by atoms with Gasteiger partial charge in [0.1, 0.15) is 0 Å². The van der Waals surface area contributed by atoms with Gasteiger partial charge in [-0.05, 0) is 31.2 Å². The van der Waals surface area contributed by atoms with Crippen LogP contribution in [0.5, 0.6) is 0 Å². The maximum absolute atomic E-state index is 10.8. The van der Waals surface area contributed by atoms with Gasteiger partial charge in [0.25, 0.3) is 0 Å². The molecule has 0 atom stereocenters. The van der Waals surface area contributed by atoms with E-state index in [0.29, 0.717) is 5.02 Å². The molecule has 0 radical (unpaired) electrons. The highest BCUT2D eigenvalue weighted by molar-refractivity contribution is 6.33. The molecule has 1 aromatic rings. The summed E-state index contributed by atoms with van der Waals surface area (Å²) in [6.07, 6.45) is 1.01. The molecule has 0 spiro atoms. The first-order valence-electron chi connectivity index (χ1n) is 6.73. The number of carbonyl (C=O) groups is 1. The Bertz CT molecular complexity index is 462. The van der Waals surface area contributed by atoms with E-state index in [1.54, 1.807) is 12.1 Å². The van der Waals surface area contributed by atoms with Gasteiger partial charge in [-0.3, -0.25) is 4.90 Å². The third kappa shape index (κ3) is 4.37. The Kier molecular flexibility index (Phi) is 5.64. The number of anilines is 1. The molecule has 1 fully saturated rings. The third-order valence-corrected chi connectivity index (χ3v) is 3.60. The van der Waals surface area contributed by atoms with Crippen molar-refractivity contribution in [3.63, 3.8) is 0 Å². The lowest BCUT2D eigenvalue weighted by Crippen LogP contribution is -2.37. The van der Waals surface area contributed by atoms with Gasteiger partial charge in [0.05, 0.1) is 29.5 Å². The molecule has 20 heavy (non-hydrogen) atoms. The van der Waals surface area contributed by atoms with E-state index < -0.39 is 5.97 Å². The predicted octanol–water partition coefficient (Wildman–Crippen LogP) is 2.17. The Hall–Kier alpha value is -1.30. The van der Waals surface area contributed by atoms with Crippen LogP contribution in [0.15, 0.2) is 18.2 Å². The highest BCUT2D eigenvalue weighted by Crippen LogP contribution is 2.23. The Balaban J connectivity index is 1.74. The summed E-state index contributed by atoms with van der Waals surface area (Å²) >= 11 is 6.05. The fourth-order valence-electron chi connectivity index (χ4n) is 2.14. The summed E-state index contributed by atoms with van der Waals surface area (Å²) < 4.78 is 5.30. The first-order valence-corrected chi connectivity index (χ1v) is 7.11. The second-order valence-corrected chi connectivity index (χ2v) is 5.14. The molecular formula is C14H19ClN2O3. The van der Waals surface area contributed by atoms with Crippen LogP contribution < -0.4 is 5.32 Å². The first-order chi connectivity index (χ1) is 9.66. The number of nitrogens with one attached hydrogen (secondary N) is 1. The molecule has 110 valence electrons. The van der Waals surface area contributed by atoms with E-state index in [2.05, 4.69) is 10.2 Å². The zero-order valence-electron chi connectivity index (χ0n) is 11.3. The normalized spacial score (nSPS) is 16.1. The van der Waals surface area contributed by atoms with E-state index >= 15 is 0 Å². The Morgan fingerprint density at radius 2 is 2.15 bits per heavy atom. The van der Waals surface area contributed by atoms with Crippen molar-refractivity contribution in [2.24, 2.45) is 0 Å². The van der Waals surface area contributed by atoms with Crippen LogP contribution in [0.1, 0.15) is 16.8 Å². The van der Waals surface area contributed by atoms with Gasteiger partial charge in [-0.2, -0.15) is 0 Å². The summed E-state index contributed by atoms with van der Waals surface area (Å²) in [5.74, 6) is -0.967. The van der Waals surface area contributed by atoms with E-state index in [1.807, 2.05) is 0 Å². The maximum Gasteiger partial charge on any atom is 0.335 e. The molecule has 1 heterocycles. The number of aromatic carboxylic acids is 1. The number of nitrogens with zero attached hydrogens (tertiary/aromatic N) is 1. The topological polar surface area (TPSA) is 61.8 Å². The van der Waals surface area contributed by atoms with Gasteiger partial charge >= 0.3 is 5.97 Å². The van der Waals surface area contributed by atoms with Crippen LogP contribution in [0.25, 0.3) is 0 Å². The molecule has 0 aromatic heterocycles. The molecule has 0 bridgehead atoms. The van der Waals surface area contributed by atoms with Gasteiger partial charge in [-0.25, -0.2) is 4.79 Å². The van der Waals surface area contributed by atoms with Crippen molar-refractivity contribution >= 4 is 23.3 Å². The molecule has 1 aliphatic heterocycles. The number of carboxylic acids is 1. The molecule has 0 amide bonds. The summed E-state index contributed by atoms with van der Waals surface area (Å²) in [5, 5.41) is 12.5. The number of morpholine rings is 1. The second kappa shape index (κ2) is 7.47. The summed E-state index contributed by atoms with van der Waals surface area (Å²) in [5.41, 5.74) is 0.979. The minimum absolute atomic E-state index is 0.203. The summed E-state index contributed by atoms with van der Waals surface area (Å²) in [6, 6.07) is 4.73. The quantitative estimate of drug-likeness (QED) is 0.788. The average Bonchev–Trinajstić information content (AvgIpc) is 2.46. The molecule has 2 N–H and O–H groups in total. The van der Waals surface area contributed by atoms with Crippen LogP contribution in [0.2, 0.25) is 5.02 Å². The third-order valence-electron chi connectivity index (χ3n) is 3.29. The van der Waals surface area contributed by atoms with Crippen molar-refractivity contribution in [2.45, 2.75) is 6.42 Å². The summed E-state index contributed by atoms with van der Waals surface area (Å²) in [6.45, 7) is 5.46. The van der Waals surface area contributed by atoms with E-state index in [0.717, 1.165) is 51.5 Å². The lowest BCUT2D eigenvalue weighted by atomic mass is 10.2. The molecular weight excluding hydrogens is 280 g/mol. The molecule has 6 heteroatoms. The van der Waals surface area contributed by atoms with Gasteiger partial charge < -0.3 is 15.2 Å². The molecule has 2 rings (SSSR count). The Morgan fingerprint density at radius 1 is 1.40 bits per heavy atom. The molecule has 0 unspecified atom stereocenters. The van der Waals surface area contributed by atoms with Crippen LogP contribution in [-0.2, 0) is 4.74 Å².